The first-order valence-corrected chi connectivity index (χ1v) is 12.1. The van der Waals surface area contributed by atoms with Crippen molar-refractivity contribution in [3.63, 3.8) is 0 Å². The van der Waals surface area contributed by atoms with Crippen LogP contribution in [-0.2, 0) is 16.8 Å². The van der Waals surface area contributed by atoms with E-state index in [0.29, 0.717) is 5.92 Å². The number of imidazole rings is 1. The molecular weight excluding hydrogens is 378 g/mol. The number of benzene rings is 1. The average molecular weight is 414 g/mol. The quantitative estimate of drug-likeness (QED) is 0.652. The highest BCUT2D eigenvalue weighted by Crippen LogP contribution is 2.37. The summed E-state index contributed by atoms with van der Waals surface area (Å²) in [5.74, 6) is 2.00. The van der Waals surface area contributed by atoms with E-state index in [1.165, 1.54) is 41.9 Å². The predicted molar refractivity (Wildman–Crippen MR) is 122 cm³/mol. The Morgan fingerprint density at radius 1 is 1.14 bits per heavy atom. The SMILES string of the molecule is CC(=O)N1CCC(Cn2c(C(C)(C)C)nc3cc(SC4CCCC4)ccc32)CC1. The van der Waals surface area contributed by atoms with Crippen molar-refractivity contribution in [2.75, 3.05) is 13.1 Å². The van der Waals surface area contributed by atoms with Crippen molar-refractivity contribution in [2.24, 2.45) is 5.92 Å². The number of hydrogen-bond donors (Lipinski definition) is 0. The normalized spacial score (nSPS) is 19.4. The zero-order valence-corrected chi connectivity index (χ0v) is 19.2. The highest BCUT2D eigenvalue weighted by Gasteiger charge is 2.27. The number of likely N-dealkylation sites (tertiary alicyclic amines) is 1. The molecule has 1 aliphatic carbocycles. The molecule has 2 heterocycles. The van der Waals surface area contributed by atoms with E-state index in [1.54, 1.807) is 6.92 Å². The number of hydrogen-bond acceptors (Lipinski definition) is 3. The van der Waals surface area contributed by atoms with Crippen LogP contribution in [0, 0.1) is 5.92 Å². The fraction of sp³-hybridized carbons (Fsp3) is 0.667. The van der Waals surface area contributed by atoms with Crippen molar-refractivity contribution in [1.82, 2.24) is 14.5 Å². The second kappa shape index (κ2) is 8.33. The summed E-state index contributed by atoms with van der Waals surface area (Å²) < 4.78 is 2.47. The predicted octanol–water partition coefficient (Wildman–Crippen LogP) is 5.63. The molecule has 5 heteroatoms. The van der Waals surface area contributed by atoms with Crippen LogP contribution in [0.15, 0.2) is 23.1 Å². The van der Waals surface area contributed by atoms with E-state index < -0.39 is 0 Å². The summed E-state index contributed by atoms with van der Waals surface area (Å²) in [5, 5.41) is 0.781. The molecule has 0 spiro atoms. The van der Waals surface area contributed by atoms with E-state index in [0.717, 1.165) is 43.2 Å². The molecule has 2 fully saturated rings. The first-order chi connectivity index (χ1) is 13.8. The minimum absolute atomic E-state index is 0.0118. The third kappa shape index (κ3) is 4.65. The Morgan fingerprint density at radius 3 is 2.45 bits per heavy atom. The van der Waals surface area contributed by atoms with Gasteiger partial charge in [-0.15, -0.1) is 11.8 Å². The van der Waals surface area contributed by atoms with Gasteiger partial charge in [-0.2, -0.15) is 0 Å². The smallest absolute Gasteiger partial charge is 0.219 e. The first-order valence-electron chi connectivity index (χ1n) is 11.2. The molecule has 4 nitrogen and oxygen atoms in total. The molecule has 2 aromatic rings. The summed E-state index contributed by atoms with van der Waals surface area (Å²) in [6.45, 7) is 11.2. The fourth-order valence-electron chi connectivity index (χ4n) is 4.83. The number of carbonyl (C=O) groups excluding carboxylic acids is 1. The maximum Gasteiger partial charge on any atom is 0.219 e. The van der Waals surface area contributed by atoms with Gasteiger partial charge in [-0.05, 0) is 49.8 Å². The van der Waals surface area contributed by atoms with Gasteiger partial charge in [-0.25, -0.2) is 4.98 Å². The van der Waals surface area contributed by atoms with E-state index in [4.69, 9.17) is 4.98 Å². The molecule has 4 rings (SSSR count). The molecule has 1 saturated heterocycles. The third-order valence-electron chi connectivity index (χ3n) is 6.50. The summed E-state index contributed by atoms with van der Waals surface area (Å²) in [6, 6.07) is 6.90. The highest BCUT2D eigenvalue weighted by molar-refractivity contribution is 8.00. The number of piperidine rings is 1. The van der Waals surface area contributed by atoms with Crippen LogP contribution >= 0.6 is 11.8 Å². The molecule has 158 valence electrons. The minimum Gasteiger partial charge on any atom is -0.343 e. The van der Waals surface area contributed by atoms with E-state index in [9.17, 15) is 4.79 Å². The third-order valence-corrected chi connectivity index (χ3v) is 7.83. The maximum atomic E-state index is 11.6. The molecule has 0 bridgehead atoms. The molecule has 0 unspecified atom stereocenters. The summed E-state index contributed by atoms with van der Waals surface area (Å²) in [5.41, 5.74) is 2.41. The van der Waals surface area contributed by atoms with Gasteiger partial charge in [0.05, 0.1) is 11.0 Å². The van der Waals surface area contributed by atoms with E-state index in [1.807, 2.05) is 16.7 Å². The molecule has 1 aromatic heterocycles. The standard InChI is InChI=1S/C24H35N3OS/c1-17(28)26-13-11-18(12-14-26)16-27-22-10-9-20(29-19-7-5-6-8-19)15-21(22)25-23(27)24(2,3)4/h9-10,15,18-19H,5-8,11-14,16H2,1-4H3. The lowest BCUT2D eigenvalue weighted by Crippen LogP contribution is -2.38. The Morgan fingerprint density at radius 2 is 1.83 bits per heavy atom. The van der Waals surface area contributed by atoms with Gasteiger partial charge in [-0.1, -0.05) is 33.6 Å². The molecule has 0 atom stereocenters. The largest absolute Gasteiger partial charge is 0.343 e. The van der Waals surface area contributed by atoms with E-state index in [-0.39, 0.29) is 11.3 Å². The lowest BCUT2D eigenvalue weighted by Gasteiger charge is -2.32. The minimum atomic E-state index is 0.0118. The monoisotopic (exact) mass is 413 g/mol. The van der Waals surface area contributed by atoms with Crippen LogP contribution in [0.3, 0.4) is 0 Å². The van der Waals surface area contributed by atoms with Crippen molar-refractivity contribution < 1.29 is 4.79 Å². The van der Waals surface area contributed by atoms with Gasteiger partial charge >= 0.3 is 0 Å². The van der Waals surface area contributed by atoms with Gasteiger partial charge in [0.25, 0.3) is 0 Å². The Balaban J connectivity index is 1.58. The number of nitrogens with zero attached hydrogens (tertiary/aromatic N) is 3. The van der Waals surface area contributed by atoms with Crippen LogP contribution in [0.25, 0.3) is 11.0 Å². The molecule has 1 aromatic carbocycles. The van der Waals surface area contributed by atoms with Crippen LogP contribution in [-0.4, -0.2) is 38.7 Å². The van der Waals surface area contributed by atoms with Gasteiger partial charge in [-0.3, -0.25) is 4.79 Å². The van der Waals surface area contributed by atoms with Crippen molar-refractivity contribution in [3.05, 3.63) is 24.0 Å². The molecular formula is C24H35N3OS. The number of thioether (sulfide) groups is 1. The summed E-state index contributed by atoms with van der Waals surface area (Å²) in [6.07, 6.45) is 7.62. The Bertz CT molecular complexity index is 868. The summed E-state index contributed by atoms with van der Waals surface area (Å²) in [4.78, 5) is 20.1. The second-order valence-corrected chi connectivity index (χ2v) is 11.3. The van der Waals surface area contributed by atoms with Crippen LogP contribution in [0.4, 0.5) is 0 Å². The van der Waals surface area contributed by atoms with Crippen molar-refractivity contribution >= 4 is 28.7 Å². The summed E-state index contributed by atoms with van der Waals surface area (Å²) in [7, 11) is 0. The van der Waals surface area contributed by atoms with Crippen molar-refractivity contribution in [2.45, 2.75) is 88.3 Å². The maximum absolute atomic E-state index is 11.6. The highest BCUT2D eigenvalue weighted by atomic mass is 32.2. The van der Waals surface area contributed by atoms with Crippen molar-refractivity contribution in [3.8, 4) is 0 Å². The molecule has 29 heavy (non-hydrogen) atoms. The molecule has 0 N–H and O–H groups in total. The molecule has 1 saturated carbocycles. The van der Waals surface area contributed by atoms with Crippen molar-refractivity contribution in [1.29, 1.82) is 0 Å². The van der Waals surface area contributed by atoms with E-state index >= 15 is 0 Å². The number of carbonyl (C=O) groups is 1. The second-order valence-electron chi connectivity index (χ2n) is 9.92. The Labute approximate surface area is 179 Å². The number of rotatable bonds is 4. The number of amides is 1. The van der Waals surface area contributed by atoms with Gasteiger partial charge in [0, 0.05) is 42.1 Å². The first kappa shape index (κ1) is 20.8. The summed E-state index contributed by atoms with van der Waals surface area (Å²) >= 11 is 2.04. The number of aromatic nitrogens is 2. The molecule has 2 aliphatic rings. The molecule has 1 aliphatic heterocycles. The molecule has 0 radical (unpaired) electrons. The van der Waals surface area contributed by atoms with Gasteiger partial charge < -0.3 is 9.47 Å². The Kier molecular flexibility index (Phi) is 5.97. The van der Waals surface area contributed by atoms with Crippen LogP contribution in [0.1, 0.15) is 72.0 Å². The van der Waals surface area contributed by atoms with Gasteiger partial charge in [0.1, 0.15) is 5.82 Å². The molecule has 1 amide bonds. The van der Waals surface area contributed by atoms with Crippen LogP contribution in [0.2, 0.25) is 0 Å². The zero-order valence-electron chi connectivity index (χ0n) is 18.4. The average Bonchev–Trinajstić information content (AvgIpc) is 3.30. The fourth-order valence-corrected chi connectivity index (χ4v) is 6.11. The Hall–Kier alpha value is -1.49. The van der Waals surface area contributed by atoms with Crippen LogP contribution in [0.5, 0.6) is 0 Å². The lowest BCUT2D eigenvalue weighted by atomic mass is 9.93. The topological polar surface area (TPSA) is 38.1 Å². The van der Waals surface area contributed by atoms with Crippen LogP contribution < -0.4 is 0 Å². The van der Waals surface area contributed by atoms with E-state index in [2.05, 4.69) is 43.5 Å². The van der Waals surface area contributed by atoms with Gasteiger partial charge in [0.2, 0.25) is 5.91 Å². The zero-order chi connectivity index (χ0) is 20.6. The number of fused-ring (bicyclic) bond motifs is 1. The van der Waals surface area contributed by atoms with Gasteiger partial charge in [0.15, 0.2) is 0 Å². The lowest BCUT2D eigenvalue weighted by molar-refractivity contribution is -0.130.